The molecule has 15 aromatic rings. The highest BCUT2D eigenvalue weighted by Crippen LogP contribution is 2.64. The molecule has 15 aromatic carbocycles. The molecule has 0 fully saturated rings. The molecule has 0 amide bonds. The Balaban J connectivity index is 0.000000111. The second-order valence-corrected chi connectivity index (χ2v) is 28.3. The van der Waals surface area contributed by atoms with E-state index < -0.39 is 23.3 Å². The number of benzene rings is 15. The maximum atomic E-state index is 14.6. The predicted molar refractivity (Wildman–Crippen MR) is 447 cm³/mol. The second kappa shape index (κ2) is 30.6. The maximum Gasteiger partial charge on any atom is 0.155 e. The fourth-order valence-corrected chi connectivity index (χ4v) is 15.5. The molecule has 0 spiro atoms. The molecule has 0 saturated heterocycles. The van der Waals surface area contributed by atoms with Crippen molar-refractivity contribution < 1.29 is 64.9 Å². The van der Waals surface area contributed by atoms with E-state index in [2.05, 4.69) is 107 Å². The molecule has 0 aliphatic carbocycles. The number of fused-ring (bicyclic) bond motifs is 12. The van der Waals surface area contributed by atoms with Crippen LogP contribution in [0.25, 0.3) is 11.1 Å². The number of hydrogen-bond acceptors (Lipinski definition) is 15. The largest absolute Gasteiger partial charge is 0.495 e. The van der Waals surface area contributed by atoms with Crippen LogP contribution in [0, 0.1) is 23.3 Å². The Morgan fingerprint density at radius 3 is 0.861 bits per heavy atom. The monoisotopic (exact) mass is 1660 g/mol. The van der Waals surface area contributed by atoms with Crippen LogP contribution in [0.4, 0.5) is 103 Å². The molecule has 0 saturated carbocycles. The molecule has 0 aromatic heterocycles. The first-order valence-electron chi connectivity index (χ1n) is 36.3. The van der Waals surface area contributed by atoms with E-state index in [1.165, 1.54) is 74.6 Å². The summed E-state index contributed by atoms with van der Waals surface area (Å²) in [4.78, 5) is 9.57. The Morgan fingerprint density at radius 2 is 0.504 bits per heavy atom. The summed E-state index contributed by atoms with van der Waals surface area (Å²) in [6.07, 6.45) is 0. The fourth-order valence-electron chi connectivity index (χ4n) is 14.8. The molecule has 115 heavy (non-hydrogen) atoms. The summed E-state index contributed by atoms with van der Waals surface area (Å²) in [6, 6.07) is 94.6. The summed E-state index contributed by atoms with van der Waals surface area (Å²) in [5.41, 5.74) is 12.3. The third-order valence-electron chi connectivity index (χ3n) is 19.8. The van der Waals surface area contributed by atoms with Crippen LogP contribution >= 0.6 is 31.9 Å². The van der Waals surface area contributed by atoms with Gasteiger partial charge in [0.1, 0.15) is 74.7 Å². The molecule has 0 N–H and O–H groups in total. The molecule has 21 rings (SSSR count). The van der Waals surface area contributed by atoms with Gasteiger partial charge in [0.05, 0.1) is 85.3 Å². The summed E-state index contributed by atoms with van der Waals surface area (Å²) in [6.45, 7) is 0. The highest BCUT2D eigenvalue weighted by atomic mass is 79.9. The molecule has 0 bridgehead atoms. The first-order chi connectivity index (χ1) is 56.3. The van der Waals surface area contributed by atoms with Crippen molar-refractivity contribution in [2.75, 3.05) is 52.9 Å². The van der Waals surface area contributed by atoms with E-state index in [1.807, 2.05) is 121 Å². The summed E-state index contributed by atoms with van der Waals surface area (Å²) >= 11 is 6.89. The molecule has 6 heterocycles. The topological polar surface area (TPSA) is 109 Å². The zero-order valence-corrected chi connectivity index (χ0v) is 64.7. The molecule has 0 atom stereocenters. The summed E-state index contributed by atoms with van der Waals surface area (Å²) in [7, 11) is 6.03. The average molecular weight is 1660 g/mol. The van der Waals surface area contributed by atoms with Crippen LogP contribution in [0.15, 0.2) is 318 Å². The lowest BCUT2D eigenvalue weighted by Crippen LogP contribution is -2.20. The molecule has 0 unspecified atom stereocenters. The highest BCUT2D eigenvalue weighted by molar-refractivity contribution is 9.10. The van der Waals surface area contributed by atoms with E-state index in [1.54, 1.807) is 91.0 Å². The van der Waals surface area contributed by atoms with Crippen molar-refractivity contribution in [2.24, 2.45) is 0 Å². The molecular formula is C94H63Br2F4N5O10. The van der Waals surface area contributed by atoms with Gasteiger partial charge in [-0.1, -0.05) is 147 Å². The molecule has 566 valence electrons. The second-order valence-electron chi connectivity index (χ2n) is 26.5. The van der Waals surface area contributed by atoms with Crippen molar-refractivity contribution in [2.45, 2.75) is 0 Å². The first-order valence-corrected chi connectivity index (χ1v) is 37.9. The Labute approximate surface area is 675 Å². The van der Waals surface area contributed by atoms with Gasteiger partial charge < -0.3 is 47.4 Å². The van der Waals surface area contributed by atoms with E-state index in [4.69, 9.17) is 47.4 Å². The standard InChI is InChI=1S/C36H20N2O4.C20H16BrF2NO2.C20H17F2NO2.C18H10BrNO2/c1-3-9-27-23(7-1)37-25-17-15-21(19-33(25)41-31-13-5-11-29(39-27)35(31)37)22-16-18-26-34(20-22)42-32-14-6-12-30-36(32)38(26)24-8-2-4-10-28(24)40-30;1-25-18-9-4-3-8-16(18)24(20-14(22)6-5-7-15(20)23)17-11-10-13(21)12-19(17)26-2;1-24-18-12-5-3-10-16(18)23(17-11-4-6-13-19(17)25-2)20-14(21)8-7-9-15(20)22;19-11-8-9-13-17(10-11)22-16-7-3-6-15-18(16)20(13)12-4-1-2-5-14(12)21-15/h1-20H;3-12H,1-2H3;3-13H,1-2H3;1-10H. The SMILES string of the molecule is Brc1ccc2c(c1)Oc1cccc3c1N2c1ccccc1O3.COc1ccccc1N(c1ccc(Br)cc1OC)c1c(F)cccc1F.COc1ccccc1N(c1ccccc1OC)c1c(F)cccc1F.c1ccc2c(c1)Oc1cccc3c1N2c1ccc(-c2ccc4c(c2)Oc2cccc5c2N4c2ccccc2O5)cc1O3. The third kappa shape index (κ3) is 13.2. The van der Waals surface area contributed by atoms with E-state index in [0.717, 1.165) is 140 Å². The molecule has 15 nitrogen and oxygen atoms in total. The van der Waals surface area contributed by atoms with Gasteiger partial charge in [-0.2, -0.15) is 0 Å². The Kier molecular flexibility index (Phi) is 19.3. The fraction of sp³-hybridized carbons (Fsp3) is 0.0426. The van der Waals surface area contributed by atoms with Gasteiger partial charge in [-0.25, -0.2) is 17.6 Å². The lowest BCUT2D eigenvalue weighted by molar-refractivity contribution is 0.412. The number of rotatable bonds is 11. The van der Waals surface area contributed by atoms with Gasteiger partial charge in [0.15, 0.2) is 69.0 Å². The Morgan fingerprint density at radius 1 is 0.243 bits per heavy atom. The van der Waals surface area contributed by atoms with Gasteiger partial charge in [-0.3, -0.25) is 24.5 Å². The number of para-hydroxylation sites is 17. The number of hydrogen-bond donors (Lipinski definition) is 0. The molecule has 21 heteroatoms. The molecule has 6 aliphatic heterocycles. The smallest absolute Gasteiger partial charge is 0.155 e. The normalized spacial score (nSPS) is 12.3. The summed E-state index contributed by atoms with van der Waals surface area (Å²) < 4.78 is 119. The van der Waals surface area contributed by atoms with Crippen molar-refractivity contribution >= 4 is 117 Å². The van der Waals surface area contributed by atoms with Crippen molar-refractivity contribution in [3.63, 3.8) is 0 Å². The lowest BCUT2D eigenvalue weighted by Gasteiger charge is -2.38. The number of ether oxygens (including phenoxy) is 10. The minimum Gasteiger partial charge on any atom is -0.495 e. The number of methoxy groups -OCH3 is 4. The van der Waals surface area contributed by atoms with Crippen LogP contribution in [0.5, 0.6) is 92.0 Å². The third-order valence-corrected chi connectivity index (χ3v) is 20.8. The van der Waals surface area contributed by atoms with Gasteiger partial charge in [0, 0.05) is 8.95 Å². The number of anilines is 15. The lowest BCUT2D eigenvalue weighted by atomic mass is 10.00. The minimum atomic E-state index is -0.694. The van der Waals surface area contributed by atoms with Gasteiger partial charge in [-0.05, 0) is 205 Å². The van der Waals surface area contributed by atoms with Crippen LogP contribution in [0.1, 0.15) is 0 Å². The Hall–Kier alpha value is -14.0. The Bertz CT molecular complexity index is 6100. The van der Waals surface area contributed by atoms with Crippen molar-refractivity contribution in [1.29, 1.82) is 0 Å². The average Bonchev–Trinajstić information content (AvgIpc) is 0.728. The highest BCUT2D eigenvalue weighted by Gasteiger charge is 2.39. The van der Waals surface area contributed by atoms with Gasteiger partial charge in [0.25, 0.3) is 0 Å². The van der Waals surface area contributed by atoms with Crippen LogP contribution < -0.4 is 71.9 Å². The van der Waals surface area contributed by atoms with E-state index in [9.17, 15) is 17.6 Å². The summed E-state index contributed by atoms with van der Waals surface area (Å²) in [5, 5.41) is 0. The van der Waals surface area contributed by atoms with Gasteiger partial charge >= 0.3 is 0 Å². The van der Waals surface area contributed by atoms with Crippen LogP contribution in [-0.4, -0.2) is 28.4 Å². The van der Waals surface area contributed by atoms with Crippen molar-refractivity contribution in [3.8, 4) is 103 Å². The quantitative estimate of drug-likeness (QED) is 0.115. The van der Waals surface area contributed by atoms with Crippen LogP contribution in [0.3, 0.4) is 0 Å². The predicted octanol–water partition coefficient (Wildman–Crippen LogP) is 28.5. The van der Waals surface area contributed by atoms with E-state index >= 15 is 0 Å². The van der Waals surface area contributed by atoms with E-state index in [-0.39, 0.29) is 11.4 Å². The van der Waals surface area contributed by atoms with Crippen molar-refractivity contribution in [1.82, 2.24) is 0 Å². The van der Waals surface area contributed by atoms with Gasteiger partial charge in [0.2, 0.25) is 0 Å². The molecular weight excluding hydrogens is 1590 g/mol. The van der Waals surface area contributed by atoms with Crippen LogP contribution in [0.2, 0.25) is 0 Å². The maximum absolute atomic E-state index is 14.6. The molecule has 0 radical (unpaired) electrons. The van der Waals surface area contributed by atoms with E-state index in [0.29, 0.717) is 45.7 Å². The van der Waals surface area contributed by atoms with Crippen molar-refractivity contribution in [3.05, 3.63) is 342 Å². The number of nitrogens with zero attached hydrogens (tertiary/aromatic N) is 5. The zero-order chi connectivity index (χ0) is 78.5. The number of halogens is 6. The van der Waals surface area contributed by atoms with Gasteiger partial charge in [-0.15, -0.1) is 0 Å². The zero-order valence-electron chi connectivity index (χ0n) is 61.5. The minimum absolute atomic E-state index is 0.198. The molecule has 6 aliphatic rings. The first kappa shape index (κ1) is 72.5. The van der Waals surface area contributed by atoms with Crippen LogP contribution in [-0.2, 0) is 0 Å². The summed E-state index contributed by atoms with van der Waals surface area (Å²) in [5.74, 6) is 8.71.